The summed E-state index contributed by atoms with van der Waals surface area (Å²) in [4.78, 5) is 4.10. The number of anilines is 1. The lowest BCUT2D eigenvalue weighted by molar-refractivity contribution is 0.292. The SMILES string of the molecule is Oc1cccnc1NC(=S)NCC1(c2ccccc2)CCCCC1. The molecule has 0 saturated heterocycles. The lowest BCUT2D eigenvalue weighted by atomic mass is 9.69. The Balaban J connectivity index is 1.68. The van der Waals surface area contributed by atoms with Crippen molar-refractivity contribution in [3.05, 3.63) is 54.2 Å². The Labute approximate surface area is 148 Å². The molecule has 4 nitrogen and oxygen atoms in total. The lowest BCUT2D eigenvalue weighted by Crippen LogP contribution is -2.43. The molecule has 1 fully saturated rings. The van der Waals surface area contributed by atoms with Gasteiger partial charge in [0.1, 0.15) is 0 Å². The van der Waals surface area contributed by atoms with E-state index in [1.165, 1.54) is 37.7 Å². The molecule has 1 heterocycles. The molecule has 1 aromatic heterocycles. The molecule has 1 aliphatic carbocycles. The molecule has 0 aliphatic heterocycles. The molecular formula is C19H23N3OS. The van der Waals surface area contributed by atoms with Crippen molar-refractivity contribution in [3.8, 4) is 5.75 Å². The highest BCUT2D eigenvalue weighted by Gasteiger charge is 2.33. The Morgan fingerprint density at radius 1 is 1.08 bits per heavy atom. The molecule has 1 saturated carbocycles. The van der Waals surface area contributed by atoms with Crippen LogP contribution in [0.25, 0.3) is 0 Å². The zero-order chi connectivity index (χ0) is 16.8. The van der Waals surface area contributed by atoms with E-state index in [0.717, 1.165) is 6.54 Å². The Kier molecular flexibility index (Phi) is 5.30. The highest BCUT2D eigenvalue weighted by atomic mass is 32.1. The van der Waals surface area contributed by atoms with Crippen molar-refractivity contribution in [2.75, 3.05) is 11.9 Å². The summed E-state index contributed by atoms with van der Waals surface area (Å²) in [5.74, 6) is 0.476. The van der Waals surface area contributed by atoms with Crippen molar-refractivity contribution < 1.29 is 5.11 Å². The molecule has 3 N–H and O–H groups in total. The van der Waals surface area contributed by atoms with Crippen molar-refractivity contribution in [2.24, 2.45) is 0 Å². The second kappa shape index (κ2) is 7.62. The van der Waals surface area contributed by atoms with Gasteiger partial charge in [0.15, 0.2) is 16.7 Å². The number of aromatic nitrogens is 1. The molecule has 126 valence electrons. The summed E-state index contributed by atoms with van der Waals surface area (Å²) in [6.07, 6.45) is 7.76. The Morgan fingerprint density at radius 2 is 1.83 bits per heavy atom. The second-order valence-corrected chi connectivity index (χ2v) is 6.79. The van der Waals surface area contributed by atoms with Gasteiger partial charge in [0.05, 0.1) is 0 Å². The molecule has 2 aromatic rings. The van der Waals surface area contributed by atoms with Crippen molar-refractivity contribution in [2.45, 2.75) is 37.5 Å². The third-order valence-electron chi connectivity index (χ3n) is 4.80. The highest BCUT2D eigenvalue weighted by Crippen LogP contribution is 2.38. The average Bonchev–Trinajstić information content (AvgIpc) is 2.63. The van der Waals surface area contributed by atoms with Crippen LogP contribution in [0, 0.1) is 0 Å². The molecule has 3 rings (SSSR count). The predicted octanol–water partition coefficient (Wildman–Crippen LogP) is 3.98. The molecule has 0 unspecified atom stereocenters. The maximum atomic E-state index is 9.79. The van der Waals surface area contributed by atoms with Crippen LogP contribution in [-0.4, -0.2) is 21.7 Å². The smallest absolute Gasteiger partial charge is 0.174 e. The molecule has 0 amide bonds. The van der Waals surface area contributed by atoms with Gasteiger partial charge < -0.3 is 15.7 Å². The van der Waals surface area contributed by atoms with E-state index in [-0.39, 0.29) is 11.2 Å². The van der Waals surface area contributed by atoms with Gasteiger partial charge in [-0.1, -0.05) is 49.6 Å². The van der Waals surface area contributed by atoms with Gasteiger partial charge in [-0.05, 0) is 42.8 Å². The predicted molar refractivity (Wildman–Crippen MR) is 101 cm³/mol. The van der Waals surface area contributed by atoms with Gasteiger partial charge in [-0.15, -0.1) is 0 Å². The maximum Gasteiger partial charge on any atom is 0.174 e. The van der Waals surface area contributed by atoms with Gasteiger partial charge in [-0.3, -0.25) is 0 Å². The Morgan fingerprint density at radius 3 is 2.54 bits per heavy atom. The summed E-state index contributed by atoms with van der Waals surface area (Å²) in [7, 11) is 0. The number of nitrogens with one attached hydrogen (secondary N) is 2. The number of nitrogens with zero attached hydrogens (tertiary/aromatic N) is 1. The first-order valence-corrected chi connectivity index (χ1v) is 8.85. The van der Waals surface area contributed by atoms with E-state index in [1.54, 1.807) is 18.3 Å². The third kappa shape index (κ3) is 3.85. The molecule has 0 atom stereocenters. The maximum absolute atomic E-state index is 9.79. The number of thiocarbonyl (C=S) groups is 1. The standard InChI is InChI=1S/C19H23N3OS/c23-16-10-7-13-20-17(16)22-18(24)21-14-19(11-5-2-6-12-19)15-8-3-1-4-9-15/h1,3-4,7-10,13,23H,2,5-6,11-12,14H2,(H2,20,21,22,24). The fourth-order valence-electron chi connectivity index (χ4n) is 3.48. The topological polar surface area (TPSA) is 57.2 Å². The number of aromatic hydroxyl groups is 1. The van der Waals surface area contributed by atoms with Crippen molar-refractivity contribution in [1.82, 2.24) is 10.3 Å². The van der Waals surface area contributed by atoms with Gasteiger partial charge in [0, 0.05) is 18.2 Å². The van der Waals surface area contributed by atoms with E-state index in [1.807, 2.05) is 0 Å². The van der Waals surface area contributed by atoms with Gasteiger partial charge in [0.2, 0.25) is 0 Å². The van der Waals surface area contributed by atoms with Crippen LogP contribution in [0.4, 0.5) is 5.82 Å². The third-order valence-corrected chi connectivity index (χ3v) is 5.05. The molecular weight excluding hydrogens is 318 g/mol. The van der Waals surface area contributed by atoms with E-state index in [0.29, 0.717) is 10.9 Å². The Bertz CT molecular complexity index is 684. The number of pyridine rings is 1. The zero-order valence-corrected chi connectivity index (χ0v) is 14.5. The normalized spacial score (nSPS) is 16.3. The van der Waals surface area contributed by atoms with Crippen LogP contribution >= 0.6 is 12.2 Å². The van der Waals surface area contributed by atoms with Crippen molar-refractivity contribution in [1.29, 1.82) is 0 Å². The van der Waals surface area contributed by atoms with Crippen LogP contribution in [0.3, 0.4) is 0 Å². The van der Waals surface area contributed by atoms with Gasteiger partial charge in [-0.25, -0.2) is 4.98 Å². The molecule has 0 bridgehead atoms. The summed E-state index contributed by atoms with van der Waals surface area (Å²) in [6.45, 7) is 0.788. The van der Waals surface area contributed by atoms with E-state index in [4.69, 9.17) is 12.2 Å². The van der Waals surface area contributed by atoms with Crippen LogP contribution in [-0.2, 0) is 5.41 Å². The summed E-state index contributed by atoms with van der Waals surface area (Å²) in [5.41, 5.74) is 1.50. The van der Waals surface area contributed by atoms with Gasteiger partial charge in [0.25, 0.3) is 0 Å². The molecule has 0 radical (unpaired) electrons. The molecule has 0 spiro atoms. The fraction of sp³-hybridized carbons (Fsp3) is 0.368. The second-order valence-electron chi connectivity index (χ2n) is 6.39. The van der Waals surface area contributed by atoms with E-state index in [2.05, 4.69) is 45.9 Å². The van der Waals surface area contributed by atoms with E-state index < -0.39 is 0 Å². The molecule has 5 heteroatoms. The van der Waals surface area contributed by atoms with Crippen LogP contribution in [0.1, 0.15) is 37.7 Å². The van der Waals surface area contributed by atoms with Crippen LogP contribution in [0.5, 0.6) is 5.75 Å². The minimum atomic E-state index is 0.0945. The Hall–Kier alpha value is -2.14. The highest BCUT2D eigenvalue weighted by molar-refractivity contribution is 7.80. The number of rotatable bonds is 4. The van der Waals surface area contributed by atoms with Crippen molar-refractivity contribution in [3.63, 3.8) is 0 Å². The number of hydrogen-bond donors (Lipinski definition) is 3. The first kappa shape index (κ1) is 16.7. The largest absolute Gasteiger partial charge is 0.504 e. The van der Waals surface area contributed by atoms with Gasteiger partial charge in [-0.2, -0.15) is 0 Å². The van der Waals surface area contributed by atoms with Crippen LogP contribution in [0.2, 0.25) is 0 Å². The van der Waals surface area contributed by atoms with Crippen molar-refractivity contribution >= 4 is 23.1 Å². The lowest BCUT2D eigenvalue weighted by Gasteiger charge is -2.38. The average molecular weight is 341 g/mol. The molecule has 1 aromatic carbocycles. The first-order valence-electron chi connectivity index (χ1n) is 8.44. The monoisotopic (exact) mass is 341 g/mol. The number of benzene rings is 1. The summed E-state index contributed by atoms with van der Waals surface area (Å²) >= 11 is 5.39. The quantitative estimate of drug-likeness (QED) is 0.735. The van der Waals surface area contributed by atoms with Gasteiger partial charge >= 0.3 is 0 Å². The molecule has 24 heavy (non-hydrogen) atoms. The zero-order valence-electron chi connectivity index (χ0n) is 13.7. The van der Waals surface area contributed by atoms with E-state index >= 15 is 0 Å². The fourth-order valence-corrected chi connectivity index (χ4v) is 3.65. The summed E-state index contributed by atoms with van der Waals surface area (Å²) in [5, 5.41) is 16.6. The van der Waals surface area contributed by atoms with Crippen LogP contribution < -0.4 is 10.6 Å². The van der Waals surface area contributed by atoms with E-state index in [9.17, 15) is 5.11 Å². The number of hydrogen-bond acceptors (Lipinski definition) is 3. The minimum absolute atomic E-state index is 0.0945. The minimum Gasteiger partial charge on any atom is -0.504 e. The molecule has 1 aliphatic rings. The summed E-state index contributed by atoms with van der Waals surface area (Å²) in [6, 6.07) is 14.0. The summed E-state index contributed by atoms with van der Waals surface area (Å²) < 4.78 is 0. The first-order chi connectivity index (χ1) is 11.7. The van der Waals surface area contributed by atoms with Crippen LogP contribution in [0.15, 0.2) is 48.7 Å².